The molecule has 9 nitrogen and oxygen atoms in total. The standard InChI is InChI=1S/C28H23F4N5O4S/c29-19-6-8-20(9-7-19)36-25(38)16-42-27(36)21-3-1-2-4-22(21)35(26(27)39)17-33-11-13-34(14-12-33)23-10-5-18(28(30,31)32)15-24(23)37(40)41/h1-10,15H,11-14,16-17H2/t27-/m0/s1. The molecule has 6 rings (SSSR count). The molecule has 0 radical (unpaired) electrons. The Labute approximate surface area is 241 Å². The van der Waals surface area contributed by atoms with E-state index in [1.807, 2.05) is 4.90 Å². The third-order valence-corrected chi connectivity index (χ3v) is 9.09. The van der Waals surface area contributed by atoms with E-state index in [9.17, 15) is 37.3 Å². The van der Waals surface area contributed by atoms with Gasteiger partial charge in [-0.15, -0.1) is 11.8 Å². The first-order chi connectivity index (χ1) is 20.0. The van der Waals surface area contributed by atoms with Gasteiger partial charge in [0.1, 0.15) is 11.5 Å². The van der Waals surface area contributed by atoms with E-state index in [4.69, 9.17) is 0 Å². The summed E-state index contributed by atoms with van der Waals surface area (Å²) in [6.07, 6.45) is -4.70. The van der Waals surface area contributed by atoms with Crippen LogP contribution in [0.2, 0.25) is 0 Å². The number of nitrogens with zero attached hydrogens (tertiary/aromatic N) is 5. The van der Waals surface area contributed by atoms with E-state index in [0.29, 0.717) is 36.1 Å². The molecule has 14 heteroatoms. The summed E-state index contributed by atoms with van der Waals surface area (Å²) < 4.78 is 53.1. The summed E-state index contributed by atoms with van der Waals surface area (Å²) in [5.74, 6) is -0.990. The molecule has 0 aliphatic carbocycles. The number of halogens is 4. The third-order valence-electron chi connectivity index (χ3n) is 7.70. The molecule has 3 aliphatic rings. The molecule has 3 aliphatic heterocycles. The molecule has 2 saturated heterocycles. The van der Waals surface area contributed by atoms with E-state index < -0.39 is 33.0 Å². The Bertz CT molecular complexity index is 1580. The molecular weight excluding hydrogens is 578 g/mol. The molecule has 3 aromatic rings. The molecule has 0 saturated carbocycles. The molecule has 42 heavy (non-hydrogen) atoms. The van der Waals surface area contributed by atoms with Gasteiger partial charge in [-0.05, 0) is 42.5 Å². The van der Waals surface area contributed by atoms with E-state index in [1.165, 1.54) is 40.9 Å². The lowest BCUT2D eigenvalue weighted by Crippen LogP contribution is -2.54. The predicted molar refractivity (Wildman–Crippen MR) is 149 cm³/mol. The number of hydrogen-bond donors (Lipinski definition) is 0. The number of thioether (sulfide) groups is 1. The molecule has 0 bridgehead atoms. The van der Waals surface area contributed by atoms with Gasteiger partial charge in [0.05, 0.1) is 28.6 Å². The van der Waals surface area contributed by atoms with E-state index in [1.54, 1.807) is 34.1 Å². The van der Waals surface area contributed by atoms with Gasteiger partial charge in [0.15, 0.2) is 0 Å². The lowest BCUT2D eigenvalue weighted by Gasteiger charge is -2.38. The lowest BCUT2D eigenvalue weighted by molar-refractivity contribution is -0.384. The van der Waals surface area contributed by atoms with Gasteiger partial charge in [0.25, 0.3) is 11.6 Å². The van der Waals surface area contributed by atoms with Gasteiger partial charge in [-0.2, -0.15) is 13.2 Å². The van der Waals surface area contributed by atoms with Crippen LogP contribution in [0.25, 0.3) is 0 Å². The number of nitro benzene ring substituents is 1. The summed E-state index contributed by atoms with van der Waals surface area (Å²) in [6.45, 7) is 1.51. The van der Waals surface area contributed by atoms with E-state index in [2.05, 4.69) is 0 Å². The number of fused-ring (bicyclic) bond motifs is 2. The lowest BCUT2D eigenvalue weighted by atomic mass is 10.0. The van der Waals surface area contributed by atoms with Crippen molar-refractivity contribution in [2.24, 2.45) is 0 Å². The average molecular weight is 602 g/mol. The fraction of sp³-hybridized carbons (Fsp3) is 0.286. The zero-order valence-corrected chi connectivity index (χ0v) is 22.7. The number of carbonyl (C=O) groups is 2. The molecule has 218 valence electrons. The van der Waals surface area contributed by atoms with Gasteiger partial charge < -0.3 is 4.90 Å². The molecule has 0 aromatic heterocycles. The van der Waals surface area contributed by atoms with E-state index in [-0.39, 0.29) is 43.0 Å². The number of piperazine rings is 1. The summed E-state index contributed by atoms with van der Waals surface area (Å²) >= 11 is 1.21. The van der Waals surface area contributed by atoms with Crippen molar-refractivity contribution < 1.29 is 32.1 Å². The van der Waals surface area contributed by atoms with Crippen LogP contribution in [0.1, 0.15) is 11.1 Å². The van der Waals surface area contributed by atoms with Crippen LogP contribution in [0, 0.1) is 15.9 Å². The third kappa shape index (κ3) is 4.54. The fourth-order valence-corrected chi connectivity index (χ4v) is 7.09. The number of amides is 2. The second-order valence-corrected chi connectivity index (χ2v) is 11.3. The molecule has 2 fully saturated rings. The topological polar surface area (TPSA) is 90.2 Å². The number of rotatable bonds is 5. The van der Waals surface area contributed by atoms with Gasteiger partial charge in [0, 0.05) is 43.5 Å². The van der Waals surface area contributed by atoms with E-state index in [0.717, 1.165) is 12.1 Å². The maximum Gasteiger partial charge on any atom is 0.416 e. The minimum atomic E-state index is -4.70. The highest BCUT2D eigenvalue weighted by Crippen LogP contribution is 2.55. The van der Waals surface area contributed by atoms with Gasteiger partial charge in [-0.1, -0.05) is 18.2 Å². The molecule has 1 spiro atoms. The molecule has 0 N–H and O–H groups in total. The number of hydrogen-bond acceptors (Lipinski definition) is 7. The first kappa shape index (κ1) is 28.0. The van der Waals surface area contributed by atoms with Crippen LogP contribution in [-0.2, 0) is 20.6 Å². The van der Waals surface area contributed by atoms with Crippen LogP contribution in [0.3, 0.4) is 0 Å². The monoisotopic (exact) mass is 601 g/mol. The highest BCUT2D eigenvalue weighted by molar-refractivity contribution is 8.02. The number of carbonyl (C=O) groups excluding carboxylic acids is 2. The average Bonchev–Trinajstić information content (AvgIpc) is 3.43. The summed E-state index contributed by atoms with van der Waals surface area (Å²) in [5.41, 5.74) is 0.0855. The molecule has 3 aromatic carbocycles. The van der Waals surface area contributed by atoms with Crippen LogP contribution >= 0.6 is 11.8 Å². The summed E-state index contributed by atoms with van der Waals surface area (Å²) in [4.78, 5) is 43.4. The van der Waals surface area contributed by atoms with Gasteiger partial charge >= 0.3 is 6.18 Å². The minimum Gasteiger partial charge on any atom is -0.363 e. The second kappa shape index (κ2) is 10.3. The van der Waals surface area contributed by atoms with Crippen molar-refractivity contribution in [2.75, 3.05) is 53.3 Å². The molecule has 0 unspecified atom stereocenters. The molecule has 1 atom stereocenters. The maximum atomic E-state index is 14.2. The zero-order valence-electron chi connectivity index (χ0n) is 21.9. The zero-order chi connectivity index (χ0) is 29.8. The SMILES string of the molecule is O=C1CS[C@@]2(C(=O)N(CN3CCN(c4ccc(C(F)(F)F)cc4[N+](=O)[O-])CC3)c3ccccc32)N1c1ccc(F)cc1. The predicted octanol–water partition coefficient (Wildman–Crippen LogP) is 4.81. The van der Waals surface area contributed by atoms with Gasteiger partial charge in [0.2, 0.25) is 10.8 Å². The smallest absolute Gasteiger partial charge is 0.363 e. The van der Waals surface area contributed by atoms with Crippen molar-refractivity contribution in [1.82, 2.24) is 4.90 Å². The Hall–Kier alpha value is -4.17. The number of para-hydroxylation sites is 1. The molecule has 3 heterocycles. The van der Waals surface area contributed by atoms with Crippen molar-refractivity contribution in [3.05, 3.63) is 93.8 Å². The second-order valence-electron chi connectivity index (χ2n) is 10.1. The highest BCUT2D eigenvalue weighted by atomic mass is 32.2. The Morgan fingerprint density at radius 2 is 1.62 bits per heavy atom. The quantitative estimate of drug-likeness (QED) is 0.236. The minimum absolute atomic E-state index is 0.0654. The van der Waals surface area contributed by atoms with Gasteiger partial charge in [-0.3, -0.25) is 34.4 Å². The largest absolute Gasteiger partial charge is 0.416 e. The fourth-order valence-electron chi connectivity index (χ4n) is 5.73. The number of nitro groups is 1. The summed E-state index contributed by atoms with van der Waals surface area (Å²) in [5, 5.41) is 11.6. The van der Waals surface area contributed by atoms with Crippen LogP contribution in [-0.4, -0.2) is 60.2 Å². The van der Waals surface area contributed by atoms with Crippen LogP contribution in [0.15, 0.2) is 66.7 Å². The number of alkyl halides is 3. The van der Waals surface area contributed by atoms with Crippen LogP contribution < -0.4 is 14.7 Å². The Kier molecular flexibility index (Phi) is 6.84. The Balaban J connectivity index is 1.23. The first-order valence-corrected chi connectivity index (χ1v) is 14.0. The van der Waals surface area contributed by atoms with Crippen LogP contribution in [0.5, 0.6) is 0 Å². The Morgan fingerprint density at radius 3 is 2.29 bits per heavy atom. The molecular formula is C28H23F4N5O4S. The Morgan fingerprint density at radius 1 is 0.929 bits per heavy atom. The van der Waals surface area contributed by atoms with Crippen molar-refractivity contribution in [1.29, 1.82) is 0 Å². The van der Waals surface area contributed by atoms with Crippen molar-refractivity contribution in [2.45, 2.75) is 11.0 Å². The maximum absolute atomic E-state index is 14.2. The van der Waals surface area contributed by atoms with Gasteiger partial charge in [-0.25, -0.2) is 4.39 Å². The van der Waals surface area contributed by atoms with Crippen LogP contribution in [0.4, 0.5) is 40.3 Å². The number of anilines is 3. The van der Waals surface area contributed by atoms with Crippen molar-refractivity contribution >= 4 is 46.3 Å². The van der Waals surface area contributed by atoms with Crippen molar-refractivity contribution in [3.63, 3.8) is 0 Å². The normalized spacial score (nSPS) is 21.0. The van der Waals surface area contributed by atoms with Crippen molar-refractivity contribution in [3.8, 4) is 0 Å². The number of benzene rings is 3. The first-order valence-electron chi connectivity index (χ1n) is 13.0. The van der Waals surface area contributed by atoms with E-state index >= 15 is 0 Å². The summed E-state index contributed by atoms with van der Waals surface area (Å²) in [7, 11) is 0. The molecule has 2 amide bonds. The summed E-state index contributed by atoms with van der Waals surface area (Å²) in [6, 6.07) is 15.1. The highest BCUT2D eigenvalue weighted by Gasteiger charge is 2.61.